The Kier molecular flexibility index (Phi) is 7.08. The summed E-state index contributed by atoms with van der Waals surface area (Å²) >= 11 is 7.66. The Labute approximate surface area is 201 Å². The van der Waals surface area contributed by atoms with Crippen molar-refractivity contribution in [2.45, 2.75) is 18.9 Å². The topological polar surface area (TPSA) is 20.2 Å². The molecule has 0 fully saturated rings. The first-order chi connectivity index (χ1) is 15.0. The molecule has 1 N–H and O–H groups in total. The number of halogens is 2. The molecule has 156 valence electrons. The van der Waals surface area contributed by atoms with Crippen molar-refractivity contribution < 1.29 is 5.11 Å². The minimum atomic E-state index is -1.92. The van der Waals surface area contributed by atoms with E-state index in [1.807, 2.05) is 24.3 Å². The van der Waals surface area contributed by atoms with E-state index < -0.39 is 12.1 Å². The van der Waals surface area contributed by atoms with Gasteiger partial charge in [-0.2, -0.15) is 0 Å². The van der Waals surface area contributed by atoms with Crippen LogP contribution in [0.2, 0.25) is 0 Å². The summed E-state index contributed by atoms with van der Waals surface area (Å²) in [4.78, 5) is 0. The van der Waals surface area contributed by atoms with Crippen LogP contribution < -0.4 is 15.9 Å². The Balaban J connectivity index is 1.68. The molecule has 2 atom stereocenters. The van der Waals surface area contributed by atoms with Gasteiger partial charge >= 0.3 is 0 Å². The zero-order valence-electron chi connectivity index (χ0n) is 17.2. The summed E-state index contributed by atoms with van der Waals surface area (Å²) in [6.45, 7) is 2.08. The third-order valence-electron chi connectivity index (χ3n) is 5.68. The molecule has 0 spiro atoms. The molecule has 0 aromatic heterocycles. The number of hydrogen-bond acceptors (Lipinski definition) is 1. The lowest BCUT2D eigenvalue weighted by Gasteiger charge is -2.22. The van der Waals surface area contributed by atoms with E-state index in [-0.39, 0.29) is 5.92 Å². The van der Waals surface area contributed by atoms with Gasteiger partial charge in [0, 0.05) is 10.4 Å². The normalized spacial score (nSPS) is 13.5. The van der Waals surface area contributed by atoms with Gasteiger partial charge in [0.2, 0.25) is 0 Å². The fourth-order valence-corrected chi connectivity index (χ4v) is 8.84. The maximum Gasteiger partial charge on any atom is 0.181 e. The summed E-state index contributed by atoms with van der Waals surface area (Å²) in [6.07, 6.45) is -0.550. The van der Waals surface area contributed by atoms with Gasteiger partial charge in [-0.25, -0.2) is 0 Å². The summed E-state index contributed by atoms with van der Waals surface area (Å²) in [7, 11) is 0. The van der Waals surface area contributed by atoms with Crippen molar-refractivity contribution in [3.05, 3.63) is 125 Å². The molecule has 0 saturated carbocycles. The molecule has 0 saturated heterocycles. The molecule has 0 radical (unpaired) electrons. The molecule has 4 aromatic carbocycles. The molecule has 0 heterocycles. The quantitative estimate of drug-likeness (QED) is 0.257. The van der Waals surface area contributed by atoms with Crippen LogP contribution in [0.15, 0.2) is 114 Å². The van der Waals surface area contributed by atoms with E-state index in [0.717, 1.165) is 15.6 Å². The standard InChI is InChI=1S/C27H24Br2OP/c1-20(27(30)22-12-16-23(28)17-13-22)21-14-18-26(19-15-21)31(29,24-8-4-2-5-9-24)25-10-6-3-7-11-25/h2-20,27,30H,1H3/q+1. The first kappa shape index (κ1) is 22.4. The largest absolute Gasteiger partial charge is 0.388 e. The van der Waals surface area contributed by atoms with Crippen molar-refractivity contribution in [1.82, 2.24) is 0 Å². The summed E-state index contributed by atoms with van der Waals surface area (Å²) < 4.78 is 1.01. The molecule has 31 heavy (non-hydrogen) atoms. The van der Waals surface area contributed by atoms with Gasteiger partial charge in [-0.3, -0.25) is 0 Å². The number of benzene rings is 4. The Bertz CT molecular complexity index is 1070. The first-order valence-corrected chi connectivity index (χ1v) is 14.8. The van der Waals surface area contributed by atoms with E-state index in [2.05, 4.69) is 123 Å². The van der Waals surface area contributed by atoms with Gasteiger partial charge in [0.1, 0.15) is 15.9 Å². The fraction of sp³-hybridized carbons (Fsp3) is 0.111. The van der Waals surface area contributed by atoms with Crippen LogP contribution in [0.3, 0.4) is 0 Å². The van der Waals surface area contributed by atoms with Crippen LogP contribution in [0.1, 0.15) is 30.1 Å². The van der Waals surface area contributed by atoms with E-state index in [1.165, 1.54) is 15.9 Å². The highest BCUT2D eigenvalue weighted by molar-refractivity contribution is 9.44. The molecule has 0 aliphatic carbocycles. The SMILES string of the molecule is CC(c1ccc([P+](Br)(c2ccccc2)c2ccccc2)cc1)C(O)c1ccc(Br)cc1. The molecular formula is C27H24Br2OP+. The zero-order valence-corrected chi connectivity index (χ0v) is 21.3. The second-order valence-corrected chi connectivity index (χ2v) is 14.5. The van der Waals surface area contributed by atoms with Crippen molar-refractivity contribution >= 4 is 53.3 Å². The molecule has 4 heteroatoms. The van der Waals surface area contributed by atoms with Crippen LogP contribution in [-0.2, 0) is 0 Å². The summed E-state index contributed by atoms with van der Waals surface area (Å²) in [5, 5.41) is 14.7. The molecule has 0 aliphatic rings. The summed E-state index contributed by atoms with van der Waals surface area (Å²) in [5.74, 6) is -1.93. The predicted octanol–water partition coefficient (Wildman–Crippen LogP) is 6.89. The van der Waals surface area contributed by atoms with Gasteiger partial charge in [-0.1, -0.05) is 83.5 Å². The van der Waals surface area contributed by atoms with E-state index in [9.17, 15) is 5.11 Å². The lowest BCUT2D eigenvalue weighted by Crippen LogP contribution is -2.26. The number of rotatable bonds is 6. The molecule has 2 unspecified atom stereocenters. The Hall–Kier alpha value is -1.77. The van der Waals surface area contributed by atoms with Gasteiger partial charge in [0.15, 0.2) is 21.5 Å². The van der Waals surface area contributed by atoms with Crippen LogP contribution in [0.25, 0.3) is 0 Å². The fourth-order valence-electron chi connectivity index (χ4n) is 3.83. The molecular weight excluding hydrogens is 531 g/mol. The second kappa shape index (κ2) is 9.79. The van der Waals surface area contributed by atoms with E-state index >= 15 is 0 Å². The van der Waals surface area contributed by atoms with Gasteiger partial charge in [0.05, 0.1) is 6.10 Å². The molecule has 4 aromatic rings. The van der Waals surface area contributed by atoms with Gasteiger partial charge in [-0.15, -0.1) is 0 Å². The van der Waals surface area contributed by atoms with Crippen molar-refractivity contribution in [3.63, 3.8) is 0 Å². The minimum Gasteiger partial charge on any atom is -0.388 e. The highest BCUT2D eigenvalue weighted by Crippen LogP contribution is 2.62. The molecule has 0 aliphatic heterocycles. The average molecular weight is 555 g/mol. The lowest BCUT2D eigenvalue weighted by molar-refractivity contribution is 0.151. The summed E-state index contributed by atoms with van der Waals surface area (Å²) in [6, 6.07) is 37.9. The molecule has 0 amide bonds. The van der Waals surface area contributed by atoms with Crippen LogP contribution in [0.4, 0.5) is 0 Å². The predicted molar refractivity (Wildman–Crippen MR) is 142 cm³/mol. The monoisotopic (exact) mass is 553 g/mol. The molecule has 4 rings (SSSR count). The second-order valence-electron chi connectivity index (χ2n) is 7.64. The summed E-state index contributed by atoms with van der Waals surface area (Å²) in [5.41, 5.74) is 2.05. The smallest absolute Gasteiger partial charge is 0.181 e. The molecule has 1 nitrogen and oxygen atoms in total. The van der Waals surface area contributed by atoms with Crippen LogP contribution in [0, 0.1) is 0 Å². The van der Waals surface area contributed by atoms with E-state index in [0.29, 0.717) is 0 Å². The lowest BCUT2D eigenvalue weighted by atomic mass is 9.91. The zero-order chi connectivity index (χ0) is 21.8. The highest BCUT2D eigenvalue weighted by atomic mass is 79.9. The maximum atomic E-state index is 10.9. The first-order valence-electron chi connectivity index (χ1n) is 10.2. The van der Waals surface area contributed by atoms with Crippen LogP contribution >= 0.6 is 37.4 Å². The Morgan fingerprint density at radius 3 is 1.52 bits per heavy atom. The number of aliphatic hydroxyl groups is 1. The van der Waals surface area contributed by atoms with Crippen molar-refractivity contribution in [2.75, 3.05) is 0 Å². The molecule has 0 bridgehead atoms. The van der Waals surface area contributed by atoms with E-state index in [4.69, 9.17) is 0 Å². The number of hydrogen-bond donors (Lipinski definition) is 1. The highest BCUT2D eigenvalue weighted by Gasteiger charge is 2.43. The Morgan fingerprint density at radius 2 is 1.03 bits per heavy atom. The van der Waals surface area contributed by atoms with Crippen molar-refractivity contribution in [2.24, 2.45) is 0 Å². The minimum absolute atomic E-state index is 0.00765. The van der Waals surface area contributed by atoms with Crippen molar-refractivity contribution in [3.8, 4) is 0 Å². The van der Waals surface area contributed by atoms with Crippen molar-refractivity contribution in [1.29, 1.82) is 0 Å². The number of aliphatic hydroxyl groups excluding tert-OH is 1. The van der Waals surface area contributed by atoms with Gasteiger partial charge in [-0.05, 0) is 59.7 Å². The average Bonchev–Trinajstić information content (AvgIpc) is 2.84. The third-order valence-corrected chi connectivity index (χ3v) is 12.9. The van der Waals surface area contributed by atoms with E-state index in [1.54, 1.807) is 0 Å². The Morgan fingerprint density at radius 1 is 0.613 bits per heavy atom. The maximum absolute atomic E-state index is 10.9. The van der Waals surface area contributed by atoms with Gasteiger partial charge < -0.3 is 5.11 Å². The van der Waals surface area contributed by atoms with Crippen LogP contribution in [0.5, 0.6) is 0 Å². The van der Waals surface area contributed by atoms with Crippen LogP contribution in [-0.4, -0.2) is 5.11 Å². The third kappa shape index (κ3) is 4.71. The van der Waals surface area contributed by atoms with Gasteiger partial charge in [0.25, 0.3) is 0 Å².